The summed E-state index contributed by atoms with van der Waals surface area (Å²) in [4.78, 5) is 18.5. The number of benzene rings is 1. The summed E-state index contributed by atoms with van der Waals surface area (Å²) in [7, 11) is 3.51. The van der Waals surface area contributed by atoms with Crippen molar-refractivity contribution in [3.8, 4) is 11.3 Å². The Morgan fingerprint density at radius 1 is 1.17 bits per heavy atom. The van der Waals surface area contributed by atoms with Crippen LogP contribution in [0.2, 0.25) is 5.02 Å². The minimum atomic E-state index is 0.0279. The maximum absolute atomic E-state index is 12.2. The van der Waals surface area contributed by atoms with Gasteiger partial charge in [-0.3, -0.25) is 4.79 Å². The second-order valence-corrected chi connectivity index (χ2v) is 6.25. The average molecular weight is 328 g/mol. The maximum Gasteiger partial charge on any atom is 0.228 e. The van der Waals surface area contributed by atoms with Crippen LogP contribution in [0, 0.1) is 6.92 Å². The Morgan fingerprint density at radius 3 is 2.52 bits per heavy atom. The third-order valence-electron chi connectivity index (χ3n) is 3.82. The van der Waals surface area contributed by atoms with Crippen LogP contribution in [-0.4, -0.2) is 34.3 Å². The molecule has 0 radical (unpaired) electrons. The van der Waals surface area contributed by atoms with Crippen LogP contribution in [-0.2, 0) is 11.2 Å². The van der Waals surface area contributed by atoms with E-state index in [9.17, 15) is 4.79 Å². The highest BCUT2D eigenvalue weighted by Crippen LogP contribution is 2.26. The Labute approximate surface area is 140 Å². The van der Waals surface area contributed by atoms with E-state index in [2.05, 4.69) is 0 Å². The first-order chi connectivity index (χ1) is 11.0. The molecule has 0 spiro atoms. The summed E-state index contributed by atoms with van der Waals surface area (Å²) >= 11 is 6.12. The SMILES string of the molecule is Cc1ccc(-c2nc3ccc(Cl)cn3c2CC(=O)N(C)C)cc1. The lowest BCUT2D eigenvalue weighted by atomic mass is 10.1. The fourth-order valence-electron chi connectivity index (χ4n) is 2.48. The van der Waals surface area contributed by atoms with Gasteiger partial charge in [0.15, 0.2) is 0 Å². The van der Waals surface area contributed by atoms with E-state index in [1.807, 2.05) is 41.7 Å². The fourth-order valence-corrected chi connectivity index (χ4v) is 2.64. The van der Waals surface area contributed by atoms with Crippen molar-refractivity contribution in [3.05, 3.63) is 58.9 Å². The van der Waals surface area contributed by atoms with Crippen LogP contribution in [0.5, 0.6) is 0 Å². The molecule has 23 heavy (non-hydrogen) atoms. The highest BCUT2D eigenvalue weighted by molar-refractivity contribution is 6.30. The Balaban J connectivity index is 2.19. The van der Waals surface area contributed by atoms with Crippen molar-refractivity contribution in [2.24, 2.45) is 0 Å². The number of pyridine rings is 1. The van der Waals surface area contributed by atoms with Crippen LogP contribution < -0.4 is 0 Å². The van der Waals surface area contributed by atoms with Crippen LogP contribution in [0.3, 0.4) is 0 Å². The smallest absolute Gasteiger partial charge is 0.228 e. The number of aromatic nitrogens is 2. The van der Waals surface area contributed by atoms with Crippen LogP contribution in [0.15, 0.2) is 42.6 Å². The van der Waals surface area contributed by atoms with Crippen molar-refractivity contribution in [2.75, 3.05) is 14.1 Å². The van der Waals surface area contributed by atoms with Gasteiger partial charge in [0.05, 0.1) is 22.8 Å². The van der Waals surface area contributed by atoms with Gasteiger partial charge in [-0.05, 0) is 19.1 Å². The summed E-state index contributed by atoms with van der Waals surface area (Å²) in [5.74, 6) is 0.0279. The quantitative estimate of drug-likeness (QED) is 0.737. The molecule has 2 heterocycles. The van der Waals surface area contributed by atoms with E-state index >= 15 is 0 Å². The number of nitrogens with zero attached hydrogens (tertiary/aromatic N) is 3. The van der Waals surface area contributed by atoms with E-state index in [4.69, 9.17) is 16.6 Å². The molecule has 0 aliphatic heterocycles. The molecule has 1 amide bonds. The number of amides is 1. The minimum absolute atomic E-state index is 0.0279. The highest BCUT2D eigenvalue weighted by atomic mass is 35.5. The lowest BCUT2D eigenvalue weighted by molar-refractivity contribution is -0.128. The molecule has 0 aliphatic carbocycles. The monoisotopic (exact) mass is 327 g/mol. The molecule has 2 aromatic heterocycles. The number of halogens is 1. The topological polar surface area (TPSA) is 37.6 Å². The Kier molecular flexibility index (Phi) is 4.09. The molecule has 0 unspecified atom stereocenters. The van der Waals surface area contributed by atoms with Gasteiger partial charge < -0.3 is 9.30 Å². The van der Waals surface area contributed by atoms with Gasteiger partial charge in [-0.25, -0.2) is 4.98 Å². The van der Waals surface area contributed by atoms with Crippen molar-refractivity contribution >= 4 is 23.2 Å². The highest BCUT2D eigenvalue weighted by Gasteiger charge is 2.18. The summed E-state index contributed by atoms with van der Waals surface area (Å²) in [6, 6.07) is 11.8. The van der Waals surface area contributed by atoms with Gasteiger partial charge >= 0.3 is 0 Å². The number of aryl methyl sites for hydroxylation is 1. The molecular weight excluding hydrogens is 310 g/mol. The van der Waals surface area contributed by atoms with Gasteiger partial charge in [0.1, 0.15) is 5.65 Å². The second-order valence-electron chi connectivity index (χ2n) is 5.81. The summed E-state index contributed by atoms with van der Waals surface area (Å²) in [5.41, 5.74) is 4.64. The zero-order valence-electron chi connectivity index (χ0n) is 13.4. The largest absolute Gasteiger partial charge is 0.348 e. The normalized spacial score (nSPS) is 11.0. The molecule has 0 bridgehead atoms. The number of carbonyl (C=O) groups excluding carboxylic acids is 1. The third kappa shape index (κ3) is 3.08. The van der Waals surface area contributed by atoms with Gasteiger partial charge in [-0.1, -0.05) is 41.4 Å². The fraction of sp³-hybridized carbons (Fsp3) is 0.222. The Hall–Kier alpha value is -2.33. The lowest BCUT2D eigenvalue weighted by Gasteiger charge is -2.11. The Bertz CT molecular complexity index is 866. The first-order valence-corrected chi connectivity index (χ1v) is 7.77. The van der Waals surface area contributed by atoms with E-state index in [-0.39, 0.29) is 12.3 Å². The number of hydrogen-bond donors (Lipinski definition) is 0. The Morgan fingerprint density at radius 2 is 1.87 bits per heavy atom. The number of likely N-dealkylation sites (N-methyl/N-ethyl adjacent to an activating group) is 1. The van der Waals surface area contributed by atoms with Gasteiger partial charge in [-0.2, -0.15) is 0 Å². The van der Waals surface area contributed by atoms with E-state index in [0.717, 1.165) is 22.6 Å². The molecular formula is C18H18ClN3O. The van der Waals surface area contributed by atoms with Gasteiger partial charge in [0.2, 0.25) is 5.91 Å². The van der Waals surface area contributed by atoms with Crippen LogP contribution in [0.25, 0.3) is 16.9 Å². The molecule has 5 heteroatoms. The third-order valence-corrected chi connectivity index (χ3v) is 4.05. The van der Waals surface area contributed by atoms with E-state index in [1.165, 1.54) is 5.56 Å². The molecule has 0 aliphatic rings. The summed E-state index contributed by atoms with van der Waals surface area (Å²) < 4.78 is 1.90. The van der Waals surface area contributed by atoms with Gasteiger partial charge in [-0.15, -0.1) is 0 Å². The lowest BCUT2D eigenvalue weighted by Crippen LogP contribution is -2.24. The molecule has 0 atom stereocenters. The standard InChI is InChI=1S/C18H18ClN3O/c1-12-4-6-13(7-5-12)18-15(10-17(23)21(2)3)22-11-14(19)8-9-16(22)20-18/h4-9,11H,10H2,1-3H3. The minimum Gasteiger partial charge on any atom is -0.348 e. The van der Waals surface area contributed by atoms with E-state index < -0.39 is 0 Å². The van der Waals surface area contributed by atoms with Crippen LogP contribution >= 0.6 is 11.6 Å². The zero-order chi connectivity index (χ0) is 16.6. The van der Waals surface area contributed by atoms with Crippen molar-refractivity contribution in [3.63, 3.8) is 0 Å². The van der Waals surface area contributed by atoms with Gasteiger partial charge in [0.25, 0.3) is 0 Å². The molecule has 0 saturated carbocycles. The predicted molar refractivity (Wildman–Crippen MR) is 92.8 cm³/mol. The molecule has 3 rings (SSSR count). The maximum atomic E-state index is 12.2. The van der Waals surface area contributed by atoms with E-state index in [0.29, 0.717) is 5.02 Å². The van der Waals surface area contributed by atoms with Crippen LogP contribution in [0.4, 0.5) is 0 Å². The predicted octanol–water partition coefficient (Wildman–Crippen LogP) is 3.59. The molecule has 0 N–H and O–H groups in total. The summed E-state index contributed by atoms with van der Waals surface area (Å²) in [6.07, 6.45) is 2.08. The molecule has 118 valence electrons. The van der Waals surface area contributed by atoms with Crippen LogP contribution in [0.1, 0.15) is 11.3 Å². The molecule has 0 saturated heterocycles. The molecule has 1 aromatic carbocycles. The summed E-state index contributed by atoms with van der Waals surface area (Å²) in [5, 5.41) is 0.615. The van der Waals surface area contributed by atoms with Crippen molar-refractivity contribution < 1.29 is 4.79 Å². The number of fused-ring (bicyclic) bond motifs is 1. The molecule has 4 nitrogen and oxygen atoms in total. The summed E-state index contributed by atoms with van der Waals surface area (Å²) in [6.45, 7) is 2.05. The molecule has 3 aromatic rings. The van der Waals surface area contributed by atoms with Crippen molar-refractivity contribution in [2.45, 2.75) is 13.3 Å². The van der Waals surface area contributed by atoms with Gasteiger partial charge in [0, 0.05) is 25.9 Å². The zero-order valence-corrected chi connectivity index (χ0v) is 14.1. The number of carbonyl (C=O) groups is 1. The number of rotatable bonds is 3. The van der Waals surface area contributed by atoms with Crippen molar-refractivity contribution in [1.82, 2.24) is 14.3 Å². The average Bonchev–Trinajstić information content (AvgIpc) is 2.86. The first kappa shape index (κ1) is 15.6. The van der Waals surface area contributed by atoms with E-state index in [1.54, 1.807) is 31.3 Å². The van der Waals surface area contributed by atoms with Crippen molar-refractivity contribution in [1.29, 1.82) is 0 Å². The number of imidazole rings is 1. The second kappa shape index (κ2) is 6.05. The number of hydrogen-bond acceptors (Lipinski definition) is 2. The molecule has 0 fully saturated rings. The first-order valence-electron chi connectivity index (χ1n) is 7.39.